The highest BCUT2D eigenvalue weighted by Gasteiger charge is 2.56. The molecule has 2 amide bonds. The van der Waals surface area contributed by atoms with Gasteiger partial charge in [-0.1, -0.05) is 24.3 Å². The Morgan fingerprint density at radius 2 is 1.77 bits per heavy atom. The Kier molecular flexibility index (Phi) is 4.16. The fourth-order valence-corrected chi connectivity index (χ4v) is 4.82. The Morgan fingerprint density at radius 3 is 2.37 bits per heavy atom. The number of hydrogen-bond acceptors (Lipinski definition) is 6. The monoisotopic (exact) mass is 405 g/mol. The molecule has 8 heteroatoms. The van der Waals surface area contributed by atoms with Crippen LogP contribution in [0.1, 0.15) is 24.2 Å². The van der Waals surface area contributed by atoms with Crippen LogP contribution in [0.4, 0.5) is 5.69 Å². The van der Waals surface area contributed by atoms with E-state index in [1.807, 2.05) is 0 Å². The Hall–Kier alpha value is -3.55. The van der Waals surface area contributed by atoms with Crippen LogP contribution < -0.4 is 0 Å². The summed E-state index contributed by atoms with van der Waals surface area (Å²) >= 11 is 0. The van der Waals surface area contributed by atoms with Crippen LogP contribution in [0.15, 0.2) is 52.0 Å². The van der Waals surface area contributed by atoms with Gasteiger partial charge < -0.3 is 4.42 Å². The van der Waals surface area contributed by atoms with E-state index >= 15 is 0 Å². The summed E-state index contributed by atoms with van der Waals surface area (Å²) in [5.74, 6) is -0.0902. The van der Waals surface area contributed by atoms with Gasteiger partial charge in [-0.15, -0.1) is 0 Å². The third-order valence-corrected chi connectivity index (χ3v) is 6.35. The zero-order valence-corrected chi connectivity index (χ0v) is 16.2. The fourth-order valence-electron chi connectivity index (χ4n) is 4.82. The van der Waals surface area contributed by atoms with Gasteiger partial charge in [0.15, 0.2) is 0 Å². The Balaban J connectivity index is 1.37. The molecule has 1 aromatic heterocycles. The molecule has 2 fully saturated rings. The summed E-state index contributed by atoms with van der Waals surface area (Å²) in [5, 5.41) is 16.3. The van der Waals surface area contributed by atoms with E-state index in [0.29, 0.717) is 22.6 Å². The molecule has 30 heavy (non-hydrogen) atoms. The van der Waals surface area contributed by atoms with E-state index in [1.54, 1.807) is 31.2 Å². The molecule has 6 rings (SSSR count). The van der Waals surface area contributed by atoms with Crippen molar-refractivity contribution >= 4 is 23.7 Å². The maximum Gasteiger partial charge on any atom is 0.273 e. The third-order valence-electron chi connectivity index (χ3n) is 6.35. The number of nitro groups is 1. The van der Waals surface area contributed by atoms with Crippen molar-refractivity contribution in [3.8, 4) is 11.3 Å². The number of imide groups is 1. The molecule has 1 aromatic carbocycles. The summed E-state index contributed by atoms with van der Waals surface area (Å²) in [7, 11) is 0. The highest BCUT2D eigenvalue weighted by Crippen LogP contribution is 2.49. The number of allylic oxidation sites excluding steroid dienone is 2. The van der Waals surface area contributed by atoms with Gasteiger partial charge in [0, 0.05) is 17.2 Å². The SMILES string of the molecule is Cc1ccc(-c2ccc(/C=N/N3C(=O)C4C5C=CC(CC5)C4C3=O)o2)cc1[N+](=O)[O-]. The number of aryl methyl sites for hydroxylation is 1. The predicted molar refractivity (Wildman–Crippen MR) is 107 cm³/mol. The van der Waals surface area contributed by atoms with E-state index in [9.17, 15) is 19.7 Å². The number of hydrazone groups is 1. The van der Waals surface area contributed by atoms with Crippen molar-refractivity contribution in [1.82, 2.24) is 5.01 Å². The van der Waals surface area contributed by atoms with E-state index in [0.717, 1.165) is 17.9 Å². The van der Waals surface area contributed by atoms with E-state index in [1.165, 1.54) is 12.3 Å². The molecule has 0 N–H and O–H groups in total. The highest BCUT2D eigenvalue weighted by molar-refractivity contribution is 6.06. The van der Waals surface area contributed by atoms with Crippen molar-refractivity contribution in [2.24, 2.45) is 28.8 Å². The first-order chi connectivity index (χ1) is 14.4. The smallest absolute Gasteiger partial charge is 0.273 e. The lowest BCUT2D eigenvalue weighted by Crippen LogP contribution is -2.38. The zero-order chi connectivity index (χ0) is 21.0. The Labute approximate surface area is 172 Å². The molecule has 4 atom stereocenters. The number of carbonyl (C=O) groups excluding carboxylic acids is 2. The predicted octanol–water partition coefficient (Wildman–Crippen LogP) is 3.69. The number of benzene rings is 1. The Morgan fingerprint density at radius 1 is 1.10 bits per heavy atom. The van der Waals surface area contributed by atoms with Gasteiger partial charge in [-0.05, 0) is 43.7 Å². The molecule has 2 aromatic rings. The van der Waals surface area contributed by atoms with Gasteiger partial charge in [0.2, 0.25) is 0 Å². The van der Waals surface area contributed by atoms with Crippen molar-refractivity contribution in [3.05, 3.63) is 63.9 Å². The minimum Gasteiger partial charge on any atom is -0.455 e. The molecule has 4 unspecified atom stereocenters. The summed E-state index contributed by atoms with van der Waals surface area (Å²) in [4.78, 5) is 36.3. The number of carbonyl (C=O) groups is 2. The van der Waals surface area contributed by atoms with Crippen molar-refractivity contribution in [2.75, 3.05) is 0 Å². The standard InChI is InChI=1S/C22H19N3O5/c1-12-2-3-15(10-17(12)25(28)29)18-9-8-16(30-18)11-23-24-21(26)19-13-4-5-14(7-6-13)20(19)22(24)27/h2-5,8-11,13-14,19-20H,6-7H2,1H3/b23-11+. The maximum absolute atomic E-state index is 12.8. The van der Waals surface area contributed by atoms with E-state index < -0.39 is 4.92 Å². The van der Waals surface area contributed by atoms with Crippen LogP contribution in [-0.2, 0) is 9.59 Å². The molecule has 8 nitrogen and oxygen atoms in total. The van der Waals surface area contributed by atoms with Gasteiger partial charge in [-0.25, -0.2) is 0 Å². The number of fused-ring (bicyclic) bond motifs is 1. The summed E-state index contributed by atoms with van der Waals surface area (Å²) in [5.41, 5.74) is 1.14. The van der Waals surface area contributed by atoms with Crippen molar-refractivity contribution < 1.29 is 18.9 Å². The Bertz CT molecular complexity index is 1100. The van der Waals surface area contributed by atoms with Crippen LogP contribution in [0.2, 0.25) is 0 Å². The lowest BCUT2D eigenvalue weighted by Gasteiger charge is -2.37. The van der Waals surface area contributed by atoms with E-state index in [-0.39, 0.29) is 41.2 Å². The minimum atomic E-state index is -0.434. The molecule has 2 heterocycles. The first-order valence-electron chi connectivity index (χ1n) is 9.89. The number of nitrogens with zero attached hydrogens (tertiary/aromatic N) is 3. The lowest BCUT2D eigenvalue weighted by atomic mass is 9.63. The van der Waals surface area contributed by atoms with Gasteiger partial charge in [-0.3, -0.25) is 19.7 Å². The molecule has 2 bridgehead atoms. The first-order valence-corrected chi connectivity index (χ1v) is 9.89. The average Bonchev–Trinajstić information content (AvgIpc) is 3.32. The second-order valence-electron chi connectivity index (χ2n) is 8.03. The van der Waals surface area contributed by atoms with E-state index in [4.69, 9.17) is 4.42 Å². The summed E-state index contributed by atoms with van der Waals surface area (Å²) < 4.78 is 5.71. The fraction of sp³-hybridized carbons (Fsp3) is 0.318. The maximum atomic E-state index is 12.8. The molecule has 1 saturated heterocycles. The summed E-state index contributed by atoms with van der Waals surface area (Å²) in [6, 6.07) is 8.18. The molecule has 3 aliphatic carbocycles. The van der Waals surface area contributed by atoms with Crippen molar-refractivity contribution in [1.29, 1.82) is 0 Å². The van der Waals surface area contributed by atoms with Gasteiger partial charge in [-0.2, -0.15) is 10.1 Å². The molecule has 152 valence electrons. The number of hydrogen-bond donors (Lipinski definition) is 0. The molecular formula is C22H19N3O5. The molecule has 0 spiro atoms. The zero-order valence-electron chi connectivity index (χ0n) is 16.2. The number of amides is 2. The van der Waals surface area contributed by atoms with Crippen LogP contribution in [0.3, 0.4) is 0 Å². The van der Waals surface area contributed by atoms with Gasteiger partial charge in [0.05, 0.1) is 23.0 Å². The topological polar surface area (TPSA) is 106 Å². The number of furan rings is 1. The lowest BCUT2D eigenvalue weighted by molar-refractivity contribution is -0.385. The third kappa shape index (κ3) is 2.79. The van der Waals surface area contributed by atoms with Crippen molar-refractivity contribution in [3.63, 3.8) is 0 Å². The number of nitro benzene ring substituents is 1. The molecule has 0 radical (unpaired) electrons. The van der Waals surface area contributed by atoms with E-state index in [2.05, 4.69) is 17.3 Å². The first kappa shape index (κ1) is 18.5. The molecule has 4 aliphatic rings. The van der Waals surface area contributed by atoms with Gasteiger partial charge in [0.25, 0.3) is 17.5 Å². The highest BCUT2D eigenvalue weighted by atomic mass is 16.6. The van der Waals surface area contributed by atoms with Crippen LogP contribution in [0.5, 0.6) is 0 Å². The van der Waals surface area contributed by atoms with Crippen LogP contribution in [0.25, 0.3) is 11.3 Å². The molecule has 1 aliphatic heterocycles. The quantitative estimate of drug-likeness (QED) is 0.254. The minimum absolute atomic E-state index is 0.0122. The summed E-state index contributed by atoms with van der Waals surface area (Å²) in [6.07, 6.45) is 7.33. The van der Waals surface area contributed by atoms with Crippen LogP contribution >= 0.6 is 0 Å². The summed E-state index contributed by atoms with van der Waals surface area (Å²) in [6.45, 7) is 1.67. The van der Waals surface area contributed by atoms with Crippen LogP contribution in [0, 0.1) is 40.7 Å². The van der Waals surface area contributed by atoms with Gasteiger partial charge in [0.1, 0.15) is 11.5 Å². The average molecular weight is 405 g/mol. The normalized spacial score (nSPS) is 27.3. The molecule has 1 saturated carbocycles. The van der Waals surface area contributed by atoms with Crippen molar-refractivity contribution in [2.45, 2.75) is 19.8 Å². The second kappa shape index (κ2) is 6.76. The van der Waals surface area contributed by atoms with Gasteiger partial charge >= 0.3 is 0 Å². The second-order valence-corrected chi connectivity index (χ2v) is 8.03. The number of rotatable bonds is 4. The molecular weight excluding hydrogens is 386 g/mol. The largest absolute Gasteiger partial charge is 0.455 e. The van der Waals surface area contributed by atoms with Crippen LogP contribution in [-0.4, -0.2) is 28.0 Å².